The molecule has 18 heavy (non-hydrogen) atoms. The smallest absolute Gasteiger partial charge is 0.222 e. The van der Waals surface area contributed by atoms with Gasteiger partial charge in [0.05, 0.1) is 0 Å². The molecule has 1 rings (SSSR count). The van der Waals surface area contributed by atoms with Crippen LogP contribution in [-0.4, -0.2) is 29.9 Å². The topological polar surface area (TPSA) is 46.3 Å². The van der Waals surface area contributed by atoms with E-state index in [4.69, 9.17) is 5.73 Å². The quantitative estimate of drug-likeness (QED) is 0.759. The largest absolute Gasteiger partial charge is 0.340 e. The van der Waals surface area contributed by atoms with E-state index < -0.39 is 0 Å². The van der Waals surface area contributed by atoms with Crippen molar-refractivity contribution in [2.45, 2.75) is 71.3 Å². The van der Waals surface area contributed by atoms with Gasteiger partial charge in [-0.25, -0.2) is 0 Å². The molecule has 1 heterocycles. The maximum absolute atomic E-state index is 12.3. The van der Waals surface area contributed by atoms with Crippen molar-refractivity contribution in [3.05, 3.63) is 0 Å². The minimum Gasteiger partial charge on any atom is -0.340 e. The second-order valence-corrected chi connectivity index (χ2v) is 5.54. The molecule has 0 spiro atoms. The van der Waals surface area contributed by atoms with Crippen LogP contribution >= 0.6 is 0 Å². The molecule has 0 aromatic carbocycles. The first kappa shape index (κ1) is 15.5. The number of likely N-dealkylation sites (tertiary alicyclic amines) is 1. The summed E-state index contributed by atoms with van der Waals surface area (Å²) in [6.45, 7) is 6.11. The highest BCUT2D eigenvalue weighted by atomic mass is 16.2. The highest BCUT2D eigenvalue weighted by Gasteiger charge is 2.25. The monoisotopic (exact) mass is 254 g/mol. The second-order valence-electron chi connectivity index (χ2n) is 5.54. The average molecular weight is 254 g/mol. The molecule has 1 aliphatic rings. The van der Waals surface area contributed by atoms with E-state index in [1.165, 1.54) is 19.3 Å². The van der Waals surface area contributed by atoms with Gasteiger partial charge in [0.15, 0.2) is 0 Å². The summed E-state index contributed by atoms with van der Waals surface area (Å²) in [5.41, 5.74) is 5.60. The molecule has 1 saturated heterocycles. The van der Waals surface area contributed by atoms with Crippen molar-refractivity contribution in [3.8, 4) is 0 Å². The molecule has 1 fully saturated rings. The lowest BCUT2D eigenvalue weighted by molar-refractivity contribution is -0.135. The third kappa shape index (κ3) is 4.60. The fourth-order valence-electron chi connectivity index (χ4n) is 3.01. The molecule has 0 bridgehead atoms. The highest BCUT2D eigenvalue weighted by Crippen LogP contribution is 2.22. The van der Waals surface area contributed by atoms with Gasteiger partial charge in [-0.2, -0.15) is 0 Å². The van der Waals surface area contributed by atoms with Crippen molar-refractivity contribution in [2.75, 3.05) is 13.1 Å². The number of carbonyl (C=O) groups is 1. The molecule has 3 nitrogen and oxygen atoms in total. The molecule has 1 amide bonds. The third-order valence-electron chi connectivity index (χ3n) is 4.34. The molecule has 106 valence electrons. The molecular formula is C15H30N2O. The highest BCUT2D eigenvalue weighted by molar-refractivity contribution is 5.76. The van der Waals surface area contributed by atoms with Crippen LogP contribution in [0.3, 0.4) is 0 Å². The van der Waals surface area contributed by atoms with Crippen LogP contribution in [-0.2, 0) is 4.79 Å². The second kappa shape index (κ2) is 8.52. The Kier molecular flexibility index (Phi) is 7.33. The minimum atomic E-state index is 0.372. The van der Waals surface area contributed by atoms with Crippen molar-refractivity contribution < 1.29 is 4.79 Å². The van der Waals surface area contributed by atoms with Gasteiger partial charge in [-0.1, -0.05) is 20.3 Å². The first-order valence-electron chi connectivity index (χ1n) is 7.72. The van der Waals surface area contributed by atoms with Gasteiger partial charge in [0.1, 0.15) is 0 Å². The summed E-state index contributed by atoms with van der Waals surface area (Å²) in [7, 11) is 0. The van der Waals surface area contributed by atoms with Crippen LogP contribution in [0.4, 0.5) is 0 Å². The van der Waals surface area contributed by atoms with E-state index in [0.717, 1.165) is 45.2 Å². The number of hydrogen-bond acceptors (Lipinski definition) is 2. The van der Waals surface area contributed by atoms with Gasteiger partial charge < -0.3 is 10.6 Å². The summed E-state index contributed by atoms with van der Waals surface area (Å²) in [6.07, 6.45) is 8.69. The van der Waals surface area contributed by atoms with Crippen LogP contribution in [0.2, 0.25) is 0 Å². The summed E-state index contributed by atoms with van der Waals surface area (Å²) in [5.74, 6) is 1.00. The number of rotatable bonds is 7. The van der Waals surface area contributed by atoms with Gasteiger partial charge in [0.25, 0.3) is 0 Å². The van der Waals surface area contributed by atoms with E-state index in [0.29, 0.717) is 17.9 Å². The summed E-state index contributed by atoms with van der Waals surface area (Å²) >= 11 is 0. The molecule has 2 atom stereocenters. The van der Waals surface area contributed by atoms with Crippen LogP contribution in [0, 0.1) is 5.92 Å². The van der Waals surface area contributed by atoms with E-state index in [-0.39, 0.29) is 0 Å². The Morgan fingerprint density at radius 3 is 2.72 bits per heavy atom. The molecule has 1 aliphatic heterocycles. The predicted octanol–water partition coefficient (Wildman–Crippen LogP) is 2.93. The van der Waals surface area contributed by atoms with Crippen LogP contribution in [0.5, 0.6) is 0 Å². The molecule has 2 N–H and O–H groups in total. The van der Waals surface area contributed by atoms with E-state index >= 15 is 0 Å². The van der Waals surface area contributed by atoms with Crippen molar-refractivity contribution in [1.29, 1.82) is 0 Å². The van der Waals surface area contributed by atoms with Gasteiger partial charge in [-0.05, 0) is 51.0 Å². The molecule has 3 heteroatoms. The first-order chi connectivity index (χ1) is 8.72. The Morgan fingerprint density at radius 2 is 2.11 bits per heavy atom. The minimum absolute atomic E-state index is 0.372. The summed E-state index contributed by atoms with van der Waals surface area (Å²) in [6, 6.07) is 0.501. The zero-order valence-electron chi connectivity index (χ0n) is 12.2. The van der Waals surface area contributed by atoms with Crippen LogP contribution < -0.4 is 5.73 Å². The first-order valence-corrected chi connectivity index (χ1v) is 7.72. The zero-order valence-corrected chi connectivity index (χ0v) is 12.2. The Bertz CT molecular complexity index is 243. The van der Waals surface area contributed by atoms with Gasteiger partial charge in [-0.3, -0.25) is 4.79 Å². The number of nitrogens with zero attached hydrogens (tertiary/aromatic N) is 1. The maximum atomic E-state index is 12.3. The van der Waals surface area contributed by atoms with E-state index in [2.05, 4.69) is 18.7 Å². The lowest BCUT2D eigenvalue weighted by atomic mass is 9.95. The lowest BCUT2D eigenvalue weighted by Gasteiger charge is -2.35. The van der Waals surface area contributed by atoms with Gasteiger partial charge in [0, 0.05) is 19.0 Å². The fraction of sp³-hybridized carbons (Fsp3) is 0.933. The average Bonchev–Trinajstić information content (AvgIpc) is 2.42. The number of amides is 1. The number of carbonyl (C=O) groups excluding carboxylic acids is 1. The summed E-state index contributed by atoms with van der Waals surface area (Å²) in [5, 5.41) is 0. The normalized spacial score (nSPS) is 21.9. The van der Waals surface area contributed by atoms with Crippen LogP contribution in [0.15, 0.2) is 0 Å². The van der Waals surface area contributed by atoms with Crippen molar-refractivity contribution in [3.63, 3.8) is 0 Å². The van der Waals surface area contributed by atoms with Crippen molar-refractivity contribution in [2.24, 2.45) is 11.7 Å². The number of piperidine rings is 1. The van der Waals surface area contributed by atoms with Gasteiger partial charge in [0.2, 0.25) is 5.91 Å². The molecule has 0 aliphatic carbocycles. The van der Waals surface area contributed by atoms with Gasteiger partial charge in [-0.15, -0.1) is 0 Å². The fourth-order valence-corrected chi connectivity index (χ4v) is 3.01. The van der Waals surface area contributed by atoms with Crippen LogP contribution in [0.25, 0.3) is 0 Å². The predicted molar refractivity (Wildman–Crippen MR) is 76.3 cm³/mol. The maximum Gasteiger partial charge on any atom is 0.222 e. The Hall–Kier alpha value is -0.570. The lowest BCUT2D eigenvalue weighted by Crippen LogP contribution is -2.43. The molecule has 0 aromatic rings. The summed E-state index contributed by atoms with van der Waals surface area (Å²) < 4.78 is 0. The van der Waals surface area contributed by atoms with Crippen molar-refractivity contribution >= 4 is 5.91 Å². The Labute approximate surface area is 112 Å². The molecular weight excluding hydrogens is 224 g/mol. The number of nitrogens with two attached hydrogens (primary N) is 1. The van der Waals surface area contributed by atoms with Crippen molar-refractivity contribution in [1.82, 2.24) is 4.90 Å². The Balaban J connectivity index is 2.38. The zero-order chi connectivity index (χ0) is 13.4. The van der Waals surface area contributed by atoms with E-state index in [9.17, 15) is 4.79 Å². The standard InChI is InChI=1S/C15H30N2O/c1-3-13(10-11-16)8-9-15(18)17-12-6-5-7-14(17)4-2/h13-14H,3-12,16H2,1-2H3. The van der Waals surface area contributed by atoms with Crippen LogP contribution in [0.1, 0.15) is 65.2 Å². The SMILES string of the molecule is CCC(CCN)CCC(=O)N1CCCCC1CC. The van der Waals surface area contributed by atoms with Gasteiger partial charge >= 0.3 is 0 Å². The summed E-state index contributed by atoms with van der Waals surface area (Å²) in [4.78, 5) is 14.4. The number of hydrogen-bond donors (Lipinski definition) is 1. The molecule has 2 unspecified atom stereocenters. The molecule has 0 radical (unpaired) electrons. The van der Waals surface area contributed by atoms with E-state index in [1.54, 1.807) is 0 Å². The Morgan fingerprint density at radius 1 is 1.33 bits per heavy atom. The van der Waals surface area contributed by atoms with E-state index in [1.807, 2.05) is 0 Å². The third-order valence-corrected chi connectivity index (χ3v) is 4.34. The molecule has 0 saturated carbocycles. The molecule has 0 aromatic heterocycles.